The largest absolute Gasteiger partial charge is 0.508 e. The van der Waals surface area contributed by atoms with E-state index in [0.29, 0.717) is 12.0 Å². The number of alkyl carbamates (subject to hydrolysis) is 1. The van der Waals surface area contributed by atoms with E-state index in [1.807, 2.05) is 37.3 Å². The third kappa shape index (κ3) is 13.0. The number of carbonyl (C=O) groups is 4. The van der Waals surface area contributed by atoms with E-state index in [1.165, 1.54) is 17.0 Å². The number of hydrogen-bond acceptors (Lipinski definition) is 8. The van der Waals surface area contributed by atoms with Crippen molar-refractivity contribution in [1.82, 2.24) is 15.5 Å². The summed E-state index contributed by atoms with van der Waals surface area (Å²) in [5.74, 6) is -2.00. The van der Waals surface area contributed by atoms with Gasteiger partial charge in [0, 0.05) is 18.7 Å². The first-order valence-electron chi connectivity index (χ1n) is 15.3. The summed E-state index contributed by atoms with van der Waals surface area (Å²) in [5.41, 5.74) is -0.476. The van der Waals surface area contributed by atoms with Gasteiger partial charge in [0.2, 0.25) is 11.8 Å². The highest BCUT2D eigenvalue weighted by atomic mass is 32.1. The molecule has 2 aromatic carbocycles. The molecule has 45 heavy (non-hydrogen) atoms. The van der Waals surface area contributed by atoms with Crippen LogP contribution < -0.4 is 10.6 Å². The van der Waals surface area contributed by atoms with Gasteiger partial charge >= 0.3 is 12.1 Å². The van der Waals surface area contributed by atoms with Gasteiger partial charge in [-0.15, -0.1) is 0 Å². The van der Waals surface area contributed by atoms with Crippen LogP contribution in [0.25, 0.3) is 0 Å². The summed E-state index contributed by atoms with van der Waals surface area (Å²) in [6.07, 6.45) is 1.55. The first-order valence-corrected chi connectivity index (χ1v) is 15.9. The Balaban J connectivity index is 2.56. The summed E-state index contributed by atoms with van der Waals surface area (Å²) in [7, 11) is 0. The minimum Gasteiger partial charge on any atom is -0.508 e. The Kier molecular flexibility index (Phi) is 14.2. The van der Waals surface area contributed by atoms with Crippen molar-refractivity contribution in [3.63, 3.8) is 0 Å². The summed E-state index contributed by atoms with van der Waals surface area (Å²) in [4.78, 5) is 55.8. The van der Waals surface area contributed by atoms with Crippen LogP contribution >= 0.6 is 12.6 Å². The van der Waals surface area contributed by atoms with Gasteiger partial charge in [-0.25, -0.2) is 9.59 Å². The number of aromatic hydroxyl groups is 1. The maximum absolute atomic E-state index is 14.3. The zero-order chi connectivity index (χ0) is 33.8. The molecule has 0 aliphatic rings. The second-order valence-electron chi connectivity index (χ2n) is 12.9. The van der Waals surface area contributed by atoms with Gasteiger partial charge in [-0.2, -0.15) is 12.6 Å². The fourth-order valence-electron chi connectivity index (χ4n) is 4.57. The van der Waals surface area contributed by atoms with Gasteiger partial charge in [-0.05, 0) is 71.2 Å². The lowest BCUT2D eigenvalue weighted by atomic mass is 10.00. The van der Waals surface area contributed by atoms with Crippen LogP contribution in [0.15, 0.2) is 54.6 Å². The predicted octanol–water partition coefficient (Wildman–Crippen LogP) is 5.34. The number of phenols is 1. The second kappa shape index (κ2) is 17.1. The molecule has 3 atom stereocenters. The van der Waals surface area contributed by atoms with E-state index in [2.05, 4.69) is 23.3 Å². The number of phenolic OH excluding ortho intramolecular Hbond substituents is 1. The molecule has 0 saturated carbocycles. The van der Waals surface area contributed by atoms with E-state index in [-0.39, 0.29) is 24.5 Å². The Hall–Kier alpha value is -3.73. The number of rotatable bonds is 14. The SMILES string of the molecule is CCCCCN(C(=O)C(CS)NC(=O)OC(C)(C)C)C(C(=O)NC(Cc1ccccc1)C(=O)OC(C)(C)C)c1cccc(O)c1. The van der Waals surface area contributed by atoms with Crippen molar-refractivity contribution in [1.29, 1.82) is 0 Å². The number of nitrogens with one attached hydrogen (secondary N) is 2. The van der Waals surface area contributed by atoms with Crippen LogP contribution in [0, 0.1) is 0 Å². The Labute approximate surface area is 272 Å². The highest BCUT2D eigenvalue weighted by molar-refractivity contribution is 7.80. The number of ether oxygens (including phenoxy) is 2. The third-order valence-corrected chi connectivity index (χ3v) is 6.86. The summed E-state index contributed by atoms with van der Waals surface area (Å²) in [6, 6.07) is 11.8. The lowest BCUT2D eigenvalue weighted by molar-refractivity contribution is -0.159. The van der Waals surface area contributed by atoms with Crippen molar-refractivity contribution in [3.8, 4) is 5.75 Å². The zero-order valence-corrected chi connectivity index (χ0v) is 28.4. The maximum atomic E-state index is 14.3. The normalized spacial score (nSPS) is 13.6. The minimum atomic E-state index is -1.26. The van der Waals surface area contributed by atoms with Crippen molar-refractivity contribution in [2.75, 3.05) is 12.3 Å². The number of carbonyl (C=O) groups excluding carboxylic acids is 4. The molecule has 2 rings (SSSR count). The summed E-state index contributed by atoms with van der Waals surface area (Å²) in [6.45, 7) is 12.5. The van der Waals surface area contributed by atoms with E-state index in [0.717, 1.165) is 18.4 Å². The van der Waals surface area contributed by atoms with E-state index < -0.39 is 53.2 Å². The highest BCUT2D eigenvalue weighted by Gasteiger charge is 2.38. The molecule has 0 radical (unpaired) electrons. The molecule has 0 bridgehead atoms. The summed E-state index contributed by atoms with van der Waals surface area (Å²) in [5, 5.41) is 15.8. The third-order valence-electron chi connectivity index (χ3n) is 6.49. The quantitative estimate of drug-likeness (QED) is 0.124. The Bertz CT molecular complexity index is 1270. The first kappa shape index (κ1) is 37.5. The number of thiol groups is 1. The molecule has 0 fully saturated rings. The fourth-order valence-corrected chi connectivity index (χ4v) is 4.82. The van der Waals surface area contributed by atoms with E-state index >= 15 is 0 Å². The van der Waals surface area contributed by atoms with Crippen LogP contribution in [-0.4, -0.2) is 69.5 Å². The molecular formula is C34H49N3O7S. The van der Waals surface area contributed by atoms with Gasteiger partial charge in [0.1, 0.15) is 35.1 Å². The van der Waals surface area contributed by atoms with Gasteiger partial charge in [-0.1, -0.05) is 62.2 Å². The van der Waals surface area contributed by atoms with Crippen LogP contribution in [0.3, 0.4) is 0 Å². The fraction of sp³-hybridized carbons (Fsp3) is 0.529. The van der Waals surface area contributed by atoms with E-state index in [4.69, 9.17) is 9.47 Å². The Morgan fingerprint density at radius 1 is 0.867 bits per heavy atom. The molecule has 0 aliphatic heterocycles. The van der Waals surface area contributed by atoms with E-state index in [1.54, 1.807) is 53.7 Å². The second-order valence-corrected chi connectivity index (χ2v) is 13.3. The Morgan fingerprint density at radius 2 is 1.51 bits per heavy atom. The molecule has 0 heterocycles. The topological polar surface area (TPSA) is 134 Å². The van der Waals surface area contributed by atoms with Gasteiger partial charge in [0.25, 0.3) is 0 Å². The molecule has 3 amide bonds. The smallest absolute Gasteiger partial charge is 0.408 e. The van der Waals surface area contributed by atoms with Gasteiger partial charge in [0.05, 0.1) is 0 Å². The molecule has 10 nitrogen and oxygen atoms in total. The molecular weight excluding hydrogens is 594 g/mol. The number of unbranched alkanes of at least 4 members (excludes halogenated alkanes) is 2. The molecule has 0 spiro atoms. The summed E-state index contributed by atoms with van der Waals surface area (Å²) >= 11 is 4.33. The van der Waals surface area contributed by atoms with Crippen molar-refractivity contribution in [2.24, 2.45) is 0 Å². The van der Waals surface area contributed by atoms with Crippen LogP contribution in [-0.2, 0) is 30.3 Å². The first-order chi connectivity index (χ1) is 21.0. The van der Waals surface area contributed by atoms with Crippen molar-refractivity contribution in [3.05, 3.63) is 65.7 Å². The van der Waals surface area contributed by atoms with Gasteiger partial charge in [-0.3, -0.25) is 9.59 Å². The van der Waals surface area contributed by atoms with Crippen molar-refractivity contribution in [2.45, 2.75) is 103 Å². The number of hydrogen-bond donors (Lipinski definition) is 4. The van der Waals surface area contributed by atoms with Crippen LogP contribution in [0.2, 0.25) is 0 Å². The standard InChI is InChI=1S/C34H49N3O7S/c1-8-9-13-19-37(30(40)27(22-45)36-32(42)44-34(5,6)7)28(24-17-14-18-25(38)21-24)29(39)35-26(31(41)43-33(2,3)4)20-23-15-11-10-12-16-23/h10-12,14-18,21,26-28,38,45H,8-9,13,19-20,22H2,1-7H3,(H,35,39)(H,36,42). The van der Waals surface area contributed by atoms with E-state index in [9.17, 15) is 24.3 Å². The molecule has 248 valence electrons. The number of benzene rings is 2. The molecule has 11 heteroatoms. The van der Waals surface area contributed by atoms with Crippen molar-refractivity contribution >= 4 is 36.5 Å². The average Bonchev–Trinajstić information content (AvgIpc) is 2.93. The molecule has 2 aromatic rings. The lowest BCUT2D eigenvalue weighted by Crippen LogP contribution is -2.55. The molecule has 0 aliphatic carbocycles. The van der Waals surface area contributed by atoms with Crippen LogP contribution in [0.1, 0.15) is 84.9 Å². The molecule has 3 unspecified atom stereocenters. The molecule has 0 saturated heterocycles. The highest BCUT2D eigenvalue weighted by Crippen LogP contribution is 2.27. The van der Waals surface area contributed by atoms with Crippen LogP contribution in [0.5, 0.6) is 5.75 Å². The number of amides is 3. The lowest BCUT2D eigenvalue weighted by Gasteiger charge is -2.35. The number of nitrogens with zero attached hydrogens (tertiary/aromatic N) is 1. The zero-order valence-electron chi connectivity index (χ0n) is 27.5. The Morgan fingerprint density at radius 3 is 2.07 bits per heavy atom. The minimum absolute atomic E-state index is 0.0642. The monoisotopic (exact) mass is 643 g/mol. The number of esters is 1. The van der Waals surface area contributed by atoms with Gasteiger partial charge < -0.3 is 30.1 Å². The van der Waals surface area contributed by atoms with Gasteiger partial charge in [0.15, 0.2) is 0 Å². The molecule has 3 N–H and O–H groups in total. The summed E-state index contributed by atoms with van der Waals surface area (Å²) < 4.78 is 11.0. The maximum Gasteiger partial charge on any atom is 0.408 e. The molecule has 0 aromatic heterocycles. The van der Waals surface area contributed by atoms with Crippen molar-refractivity contribution < 1.29 is 33.8 Å². The predicted molar refractivity (Wildman–Crippen MR) is 177 cm³/mol. The average molecular weight is 644 g/mol. The van der Waals surface area contributed by atoms with Crippen LogP contribution in [0.4, 0.5) is 4.79 Å².